The number of nitrogens with one attached hydrogen (secondary N) is 1. The molecule has 3 saturated heterocycles. The van der Waals surface area contributed by atoms with Crippen LogP contribution in [0.2, 0.25) is 0 Å². The van der Waals surface area contributed by atoms with E-state index in [1.54, 1.807) is 6.20 Å². The topological polar surface area (TPSA) is 272 Å². The number of halogens is 1. The SMILES string of the molecule is O=c1c2ncn([C@@H]3O[C@@H]4COP(=O)([O-])O[C@H]5[C@@H](F)[C@H](n6cc7c8c(ncnc86)NCCC7)O[C@@H]5COP(=O)([O-])O[C@@H]3[C@@H]4O)c2ncn1CCO.[Na+].[Na+]. The smallest absolute Gasteiger partial charge is 0.756 e. The number of hydrogen-bond acceptors (Lipinski definition) is 18. The molecular formula is C26H29FN8Na2O13P2. The van der Waals surface area contributed by atoms with Crippen molar-refractivity contribution in [3.63, 3.8) is 0 Å². The summed E-state index contributed by atoms with van der Waals surface area (Å²) in [6.45, 7) is -1.65. The molecule has 8 rings (SSSR count). The second-order valence-electron chi connectivity index (χ2n) is 12.0. The average Bonchev–Trinajstić information content (AvgIpc) is 3.78. The number of imidazole rings is 1. The van der Waals surface area contributed by atoms with Crippen LogP contribution in [0.4, 0.5) is 10.2 Å². The van der Waals surface area contributed by atoms with Crippen molar-refractivity contribution in [3.8, 4) is 0 Å². The van der Waals surface area contributed by atoms with Crippen molar-refractivity contribution in [3.05, 3.63) is 41.1 Å². The Morgan fingerprint density at radius 2 is 1.65 bits per heavy atom. The number of alkyl halides is 1. The first-order valence-corrected chi connectivity index (χ1v) is 18.4. The number of aryl methyl sites for hydroxylation is 1. The Morgan fingerprint density at radius 3 is 2.40 bits per heavy atom. The Hall–Kier alpha value is -1.24. The second-order valence-corrected chi connectivity index (χ2v) is 14.7. The number of ether oxygens (including phenoxy) is 2. The number of aliphatic hydroxyl groups is 2. The molecule has 0 spiro atoms. The average molecular weight is 788 g/mol. The molecule has 4 aromatic rings. The molecule has 0 aromatic carbocycles. The summed E-state index contributed by atoms with van der Waals surface area (Å²) < 4.78 is 78.3. The van der Waals surface area contributed by atoms with E-state index in [4.69, 9.17) is 27.6 Å². The van der Waals surface area contributed by atoms with E-state index < -0.39 is 83.6 Å². The normalized spacial score (nSPS) is 34.9. The minimum Gasteiger partial charge on any atom is -0.756 e. The molecule has 52 heavy (non-hydrogen) atoms. The van der Waals surface area contributed by atoms with E-state index in [0.717, 1.165) is 33.8 Å². The van der Waals surface area contributed by atoms with Crippen molar-refractivity contribution < 1.29 is 120 Å². The molecule has 270 valence electrons. The van der Waals surface area contributed by atoms with Crippen LogP contribution in [0, 0.1) is 0 Å². The third-order valence-corrected chi connectivity index (χ3v) is 10.9. The summed E-state index contributed by atoms with van der Waals surface area (Å²) in [5.74, 6) is 0.536. The number of rotatable bonds is 4. The summed E-state index contributed by atoms with van der Waals surface area (Å²) in [5, 5.41) is 24.1. The number of fused-ring (bicyclic) bond motifs is 4. The van der Waals surface area contributed by atoms with Gasteiger partial charge in [-0.2, -0.15) is 0 Å². The Balaban J connectivity index is 0.00000232. The minimum absolute atomic E-state index is 0. The molecule has 0 saturated carbocycles. The molecule has 26 heteroatoms. The maximum atomic E-state index is 16.2. The van der Waals surface area contributed by atoms with Gasteiger partial charge in [0.1, 0.15) is 54.6 Å². The predicted molar refractivity (Wildman–Crippen MR) is 159 cm³/mol. The van der Waals surface area contributed by atoms with Gasteiger partial charge in [0.15, 0.2) is 29.8 Å². The number of phosphoric acid groups is 2. The molecule has 3 fully saturated rings. The largest absolute Gasteiger partial charge is 1.00 e. The molecule has 4 aliphatic rings. The molecule has 3 N–H and O–H groups in total. The number of hydrogen-bond donors (Lipinski definition) is 3. The summed E-state index contributed by atoms with van der Waals surface area (Å²) >= 11 is 0. The zero-order valence-electron chi connectivity index (χ0n) is 27.7. The van der Waals surface area contributed by atoms with Crippen LogP contribution in [0.3, 0.4) is 0 Å². The zero-order chi connectivity index (χ0) is 34.9. The molecular weight excluding hydrogens is 759 g/mol. The molecule has 4 aliphatic heterocycles. The fourth-order valence-electron chi connectivity index (χ4n) is 6.62. The van der Waals surface area contributed by atoms with Crippen LogP contribution >= 0.6 is 15.6 Å². The first-order chi connectivity index (χ1) is 23.9. The van der Waals surface area contributed by atoms with Gasteiger partial charge in [-0.15, -0.1) is 0 Å². The van der Waals surface area contributed by atoms with E-state index in [1.165, 1.54) is 10.9 Å². The van der Waals surface area contributed by atoms with Gasteiger partial charge in [0.2, 0.25) is 0 Å². The van der Waals surface area contributed by atoms with Gasteiger partial charge in [0.05, 0.1) is 38.1 Å². The van der Waals surface area contributed by atoms with Crippen molar-refractivity contribution >= 4 is 43.7 Å². The quantitative estimate of drug-likeness (QED) is 0.128. The van der Waals surface area contributed by atoms with Gasteiger partial charge in [-0.05, 0) is 18.4 Å². The Labute approximate surface area is 336 Å². The maximum absolute atomic E-state index is 16.2. The monoisotopic (exact) mass is 788 g/mol. The van der Waals surface area contributed by atoms with Crippen LogP contribution in [0.25, 0.3) is 22.2 Å². The fourth-order valence-corrected chi connectivity index (χ4v) is 8.48. The van der Waals surface area contributed by atoms with Gasteiger partial charge >= 0.3 is 59.1 Å². The van der Waals surface area contributed by atoms with Gasteiger partial charge in [-0.25, -0.2) is 24.3 Å². The number of anilines is 1. The van der Waals surface area contributed by atoms with Crippen LogP contribution in [0.5, 0.6) is 0 Å². The molecule has 2 bridgehead atoms. The van der Waals surface area contributed by atoms with E-state index in [9.17, 15) is 33.9 Å². The van der Waals surface area contributed by atoms with Crippen molar-refractivity contribution in [1.29, 1.82) is 0 Å². The van der Waals surface area contributed by atoms with Gasteiger partial charge in [-0.3, -0.25) is 23.1 Å². The van der Waals surface area contributed by atoms with E-state index in [-0.39, 0.29) is 83.4 Å². The Morgan fingerprint density at radius 1 is 0.942 bits per heavy atom. The number of phosphoric ester groups is 2. The fraction of sp³-hybridized carbons (Fsp3) is 0.577. The number of nitrogens with zero attached hydrogens (tertiary/aromatic N) is 7. The predicted octanol–water partition coefficient (Wildman–Crippen LogP) is -7.36. The maximum Gasteiger partial charge on any atom is 1.00 e. The summed E-state index contributed by atoms with van der Waals surface area (Å²) in [4.78, 5) is 55.9. The standard InChI is InChI=1S/C26H31FN8O13P2.2Na/c27-16-19-14(46-25(16)34-6-12-2-1-3-28-21-15(12)22(34)30-9-29-21)8-44-50(41,42)48-20-18(37)13(7-43-49(39,40)47-19)45-26(20)35-11-31-17-23(35)32-10-33(4-5-36)24(17)38;;/h6,9-11,13-14,16,18-20,25-26,36-37H,1-5,7-8H2,(H,39,40)(H,41,42)(H,28,29,30);;/q;2*+1/p-2/t13-,14-,16-,18-,19-,20-,25-,26-;;/m1../s1. The Kier molecular flexibility index (Phi) is 12.2. The van der Waals surface area contributed by atoms with Crippen LogP contribution in [-0.2, 0) is 49.7 Å². The molecule has 0 radical (unpaired) electrons. The van der Waals surface area contributed by atoms with Gasteiger partial charge in [0, 0.05) is 12.7 Å². The summed E-state index contributed by atoms with van der Waals surface area (Å²) in [6, 6.07) is 0. The molecule has 21 nitrogen and oxygen atoms in total. The number of aromatic nitrogens is 7. The molecule has 0 amide bonds. The van der Waals surface area contributed by atoms with Crippen molar-refractivity contribution in [2.75, 3.05) is 31.7 Å². The summed E-state index contributed by atoms with van der Waals surface area (Å²) in [5.41, 5.74) is 0.189. The van der Waals surface area contributed by atoms with Crippen LogP contribution in [0.1, 0.15) is 24.4 Å². The molecule has 2 unspecified atom stereocenters. The van der Waals surface area contributed by atoms with Gasteiger partial charge < -0.3 is 57.5 Å². The third-order valence-electron chi connectivity index (χ3n) is 8.92. The van der Waals surface area contributed by atoms with Crippen molar-refractivity contribution in [2.24, 2.45) is 0 Å². The van der Waals surface area contributed by atoms with Crippen molar-refractivity contribution in [2.45, 2.75) is 68.5 Å². The third kappa shape index (κ3) is 7.38. The van der Waals surface area contributed by atoms with Crippen molar-refractivity contribution in [1.82, 2.24) is 33.6 Å². The van der Waals surface area contributed by atoms with Crippen LogP contribution in [-0.4, -0.2) is 107 Å². The van der Waals surface area contributed by atoms with Crippen LogP contribution < -0.4 is 79.8 Å². The Bertz CT molecular complexity index is 2110. The summed E-state index contributed by atoms with van der Waals surface area (Å²) in [7, 11) is -10.8. The van der Waals surface area contributed by atoms with Gasteiger partial charge in [-0.1, -0.05) is 0 Å². The molecule has 0 aliphatic carbocycles. The van der Waals surface area contributed by atoms with E-state index in [2.05, 4.69) is 25.3 Å². The minimum atomic E-state index is -5.42. The first-order valence-electron chi connectivity index (χ1n) is 15.5. The zero-order valence-corrected chi connectivity index (χ0v) is 33.5. The first kappa shape index (κ1) is 40.4. The second kappa shape index (κ2) is 15.7. The van der Waals surface area contributed by atoms with E-state index in [1.807, 2.05) is 0 Å². The molecule has 8 heterocycles. The summed E-state index contributed by atoms with van der Waals surface area (Å²) in [6.07, 6.45) is -7.58. The van der Waals surface area contributed by atoms with E-state index >= 15 is 4.39 Å². The van der Waals surface area contributed by atoms with Gasteiger partial charge in [0.25, 0.3) is 21.2 Å². The van der Waals surface area contributed by atoms with Crippen LogP contribution in [0.15, 0.2) is 30.0 Å². The number of aliphatic hydroxyl groups excluding tert-OH is 2. The molecule has 4 aromatic heterocycles. The molecule has 10 atom stereocenters. The van der Waals surface area contributed by atoms with E-state index in [0.29, 0.717) is 29.8 Å².